The standard InChI is InChI=1S/C14H18N4O/c1-3-13-17-6-7-18(13)9-10-4-5-11(14(15)16)12(8-10)19-2/h4-8H,3,9H2,1-2H3,(H3,15,16). The van der Waals surface area contributed by atoms with Crippen LogP contribution in [0.2, 0.25) is 0 Å². The number of methoxy groups -OCH3 is 1. The van der Waals surface area contributed by atoms with E-state index in [2.05, 4.69) is 16.5 Å². The highest BCUT2D eigenvalue weighted by molar-refractivity contribution is 5.97. The summed E-state index contributed by atoms with van der Waals surface area (Å²) < 4.78 is 7.38. The van der Waals surface area contributed by atoms with Gasteiger partial charge in [0.25, 0.3) is 0 Å². The van der Waals surface area contributed by atoms with E-state index in [-0.39, 0.29) is 5.84 Å². The second-order valence-electron chi connectivity index (χ2n) is 4.27. The van der Waals surface area contributed by atoms with Gasteiger partial charge in [-0.25, -0.2) is 4.98 Å². The van der Waals surface area contributed by atoms with E-state index in [1.807, 2.05) is 24.4 Å². The summed E-state index contributed by atoms with van der Waals surface area (Å²) in [5.74, 6) is 1.69. The number of nitrogens with two attached hydrogens (primary N) is 1. The number of amidine groups is 1. The maximum atomic E-state index is 7.49. The average molecular weight is 258 g/mol. The Kier molecular flexibility index (Phi) is 3.85. The van der Waals surface area contributed by atoms with Crippen LogP contribution in [0.1, 0.15) is 23.9 Å². The number of nitrogen functional groups attached to an aromatic ring is 1. The van der Waals surface area contributed by atoms with Gasteiger partial charge in [0.1, 0.15) is 17.4 Å². The monoisotopic (exact) mass is 258 g/mol. The van der Waals surface area contributed by atoms with Gasteiger partial charge in [0.05, 0.1) is 12.7 Å². The molecule has 0 saturated heterocycles. The SMILES string of the molecule is CCc1nccn1Cc1ccc(C(=N)N)c(OC)c1. The predicted octanol–water partition coefficient (Wildman–Crippen LogP) is 1.79. The summed E-state index contributed by atoms with van der Waals surface area (Å²) in [5.41, 5.74) is 7.22. The van der Waals surface area contributed by atoms with E-state index >= 15 is 0 Å². The molecule has 0 radical (unpaired) electrons. The van der Waals surface area contributed by atoms with Gasteiger partial charge in [0, 0.05) is 25.4 Å². The minimum atomic E-state index is 0.0141. The van der Waals surface area contributed by atoms with Crippen LogP contribution in [0.15, 0.2) is 30.6 Å². The molecule has 0 bridgehead atoms. The summed E-state index contributed by atoms with van der Waals surface area (Å²) in [6.07, 6.45) is 4.67. The normalized spacial score (nSPS) is 10.4. The van der Waals surface area contributed by atoms with Crippen LogP contribution in [0.3, 0.4) is 0 Å². The molecule has 0 amide bonds. The molecule has 0 aliphatic carbocycles. The average Bonchev–Trinajstić information content (AvgIpc) is 2.85. The quantitative estimate of drug-likeness (QED) is 0.634. The number of nitrogens with zero attached hydrogens (tertiary/aromatic N) is 2. The fraction of sp³-hybridized carbons (Fsp3) is 0.286. The number of ether oxygens (including phenoxy) is 1. The van der Waals surface area contributed by atoms with Crippen molar-refractivity contribution in [2.45, 2.75) is 19.9 Å². The van der Waals surface area contributed by atoms with Gasteiger partial charge in [-0.05, 0) is 17.7 Å². The molecule has 3 N–H and O–H groups in total. The van der Waals surface area contributed by atoms with Gasteiger partial charge < -0.3 is 15.0 Å². The molecular weight excluding hydrogens is 240 g/mol. The van der Waals surface area contributed by atoms with Crippen molar-refractivity contribution in [1.29, 1.82) is 5.41 Å². The molecule has 0 fully saturated rings. The smallest absolute Gasteiger partial charge is 0.130 e. The maximum absolute atomic E-state index is 7.49. The first kappa shape index (κ1) is 13.1. The summed E-state index contributed by atoms with van der Waals surface area (Å²) in [6.45, 7) is 2.82. The fourth-order valence-corrected chi connectivity index (χ4v) is 2.05. The molecule has 0 atom stereocenters. The van der Waals surface area contributed by atoms with Crippen molar-refractivity contribution in [3.05, 3.63) is 47.5 Å². The van der Waals surface area contributed by atoms with E-state index in [1.54, 1.807) is 13.3 Å². The van der Waals surface area contributed by atoms with Crippen molar-refractivity contribution in [2.75, 3.05) is 7.11 Å². The molecule has 0 spiro atoms. The first-order valence-electron chi connectivity index (χ1n) is 6.17. The lowest BCUT2D eigenvalue weighted by atomic mass is 10.1. The molecule has 0 saturated carbocycles. The molecule has 2 rings (SSSR count). The van der Waals surface area contributed by atoms with Crippen LogP contribution in [0.25, 0.3) is 0 Å². The van der Waals surface area contributed by atoms with Crippen molar-refractivity contribution >= 4 is 5.84 Å². The summed E-state index contributed by atoms with van der Waals surface area (Å²) in [4.78, 5) is 4.30. The highest BCUT2D eigenvalue weighted by atomic mass is 16.5. The van der Waals surface area contributed by atoms with Gasteiger partial charge in [-0.15, -0.1) is 0 Å². The van der Waals surface area contributed by atoms with Crippen LogP contribution in [0.4, 0.5) is 0 Å². The van der Waals surface area contributed by atoms with E-state index < -0.39 is 0 Å². The third kappa shape index (κ3) is 2.76. The molecular formula is C14H18N4O. The second-order valence-corrected chi connectivity index (χ2v) is 4.27. The number of imidazole rings is 1. The van der Waals surface area contributed by atoms with Gasteiger partial charge in [-0.1, -0.05) is 13.0 Å². The highest BCUT2D eigenvalue weighted by Gasteiger charge is 2.08. The molecule has 2 aromatic rings. The second kappa shape index (κ2) is 5.56. The Balaban J connectivity index is 2.29. The number of aryl methyl sites for hydroxylation is 1. The van der Waals surface area contributed by atoms with Crippen molar-refractivity contribution in [3.63, 3.8) is 0 Å². The van der Waals surface area contributed by atoms with Crippen molar-refractivity contribution in [1.82, 2.24) is 9.55 Å². The molecule has 0 aliphatic rings. The molecule has 0 unspecified atom stereocenters. The molecule has 1 aromatic heterocycles. The van der Waals surface area contributed by atoms with Crippen LogP contribution in [0, 0.1) is 5.41 Å². The van der Waals surface area contributed by atoms with Crippen LogP contribution < -0.4 is 10.5 Å². The molecule has 0 aliphatic heterocycles. The Hall–Kier alpha value is -2.30. The fourth-order valence-electron chi connectivity index (χ4n) is 2.05. The van der Waals surface area contributed by atoms with Crippen LogP contribution in [-0.4, -0.2) is 22.5 Å². The van der Waals surface area contributed by atoms with E-state index in [4.69, 9.17) is 15.9 Å². The van der Waals surface area contributed by atoms with Crippen molar-refractivity contribution in [2.24, 2.45) is 5.73 Å². The van der Waals surface area contributed by atoms with Crippen molar-refractivity contribution in [3.8, 4) is 5.75 Å². The van der Waals surface area contributed by atoms with Crippen LogP contribution >= 0.6 is 0 Å². The third-order valence-electron chi connectivity index (χ3n) is 3.03. The lowest BCUT2D eigenvalue weighted by Crippen LogP contribution is -2.13. The zero-order valence-corrected chi connectivity index (χ0v) is 11.2. The van der Waals surface area contributed by atoms with Crippen LogP contribution in [0.5, 0.6) is 5.75 Å². The largest absolute Gasteiger partial charge is 0.496 e. The zero-order chi connectivity index (χ0) is 13.8. The van der Waals surface area contributed by atoms with Gasteiger partial charge in [0.15, 0.2) is 0 Å². The number of hydrogen-bond donors (Lipinski definition) is 2. The zero-order valence-electron chi connectivity index (χ0n) is 11.2. The first-order chi connectivity index (χ1) is 9.15. The molecule has 5 heteroatoms. The lowest BCUT2D eigenvalue weighted by molar-refractivity contribution is 0.413. The van der Waals surface area contributed by atoms with Crippen LogP contribution in [-0.2, 0) is 13.0 Å². The van der Waals surface area contributed by atoms with E-state index in [9.17, 15) is 0 Å². The van der Waals surface area contributed by atoms with E-state index in [0.29, 0.717) is 11.3 Å². The Labute approximate surface area is 112 Å². The van der Waals surface area contributed by atoms with Crippen molar-refractivity contribution < 1.29 is 4.74 Å². The Morgan fingerprint density at radius 3 is 2.89 bits per heavy atom. The number of rotatable bonds is 5. The number of nitrogens with one attached hydrogen (secondary N) is 1. The third-order valence-corrected chi connectivity index (χ3v) is 3.03. The first-order valence-corrected chi connectivity index (χ1v) is 6.17. The molecule has 100 valence electrons. The minimum Gasteiger partial charge on any atom is -0.496 e. The minimum absolute atomic E-state index is 0.0141. The summed E-state index contributed by atoms with van der Waals surface area (Å²) in [6, 6.07) is 5.69. The predicted molar refractivity (Wildman–Crippen MR) is 74.7 cm³/mol. The Bertz CT molecular complexity index is 589. The number of aromatic nitrogens is 2. The number of hydrogen-bond acceptors (Lipinski definition) is 3. The molecule has 1 aromatic carbocycles. The van der Waals surface area contributed by atoms with Gasteiger partial charge >= 0.3 is 0 Å². The summed E-state index contributed by atoms with van der Waals surface area (Å²) in [7, 11) is 1.58. The maximum Gasteiger partial charge on any atom is 0.130 e. The summed E-state index contributed by atoms with van der Waals surface area (Å²) >= 11 is 0. The van der Waals surface area contributed by atoms with Gasteiger partial charge in [0.2, 0.25) is 0 Å². The topological polar surface area (TPSA) is 76.9 Å². The molecule has 1 heterocycles. The van der Waals surface area contributed by atoms with E-state index in [0.717, 1.165) is 24.4 Å². The molecule has 19 heavy (non-hydrogen) atoms. The van der Waals surface area contributed by atoms with E-state index in [1.165, 1.54) is 0 Å². The Morgan fingerprint density at radius 2 is 2.26 bits per heavy atom. The van der Waals surface area contributed by atoms with Gasteiger partial charge in [-0.3, -0.25) is 5.41 Å². The molecule has 5 nitrogen and oxygen atoms in total. The number of benzene rings is 1. The lowest BCUT2D eigenvalue weighted by Gasteiger charge is -2.11. The van der Waals surface area contributed by atoms with Gasteiger partial charge in [-0.2, -0.15) is 0 Å². The summed E-state index contributed by atoms with van der Waals surface area (Å²) in [5, 5.41) is 7.49. The highest BCUT2D eigenvalue weighted by Crippen LogP contribution is 2.20. The Morgan fingerprint density at radius 1 is 1.47 bits per heavy atom.